The van der Waals surface area contributed by atoms with Gasteiger partial charge in [-0.25, -0.2) is 4.98 Å². The Balaban J connectivity index is 2.86. The third-order valence-electron chi connectivity index (χ3n) is 2.21. The van der Waals surface area contributed by atoms with Gasteiger partial charge in [0.05, 0.1) is 0 Å². The number of hydrogen-bond donors (Lipinski definition) is 0. The first-order chi connectivity index (χ1) is 7.19. The number of anilines is 1. The summed E-state index contributed by atoms with van der Waals surface area (Å²) in [6.07, 6.45) is 3.45. The second-order valence-electron chi connectivity index (χ2n) is 3.29. The van der Waals surface area contributed by atoms with Gasteiger partial charge in [0, 0.05) is 24.8 Å². The minimum absolute atomic E-state index is 0.0424. The van der Waals surface area contributed by atoms with Gasteiger partial charge >= 0.3 is 0 Å². The molecule has 0 radical (unpaired) electrons. The van der Waals surface area contributed by atoms with Crippen LogP contribution in [0.25, 0.3) is 0 Å². The molecule has 1 rings (SSSR count). The Kier molecular flexibility index (Phi) is 4.03. The summed E-state index contributed by atoms with van der Waals surface area (Å²) in [7, 11) is 0. The van der Waals surface area contributed by atoms with Crippen LogP contribution in [-0.2, 0) is 0 Å². The third kappa shape index (κ3) is 2.91. The number of carbonyl (C=O) groups is 1. The van der Waals surface area contributed by atoms with Crippen LogP contribution in [0, 0.1) is 0 Å². The van der Waals surface area contributed by atoms with Crippen LogP contribution in [0.15, 0.2) is 31.0 Å². The summed E-state index contributed by atoms with van der Waals surface area (Å²) < 4.78 is 0. The lowest BCUT2D eigenvalue weighted by Gasteiger charge is -2.19. The van der Waals surface area contributed by atoms with Crippen molar-refractivity contribution >= 4 is 11.6 Å². The van der Waals surface area contributed by atoms with Crippen molar-refractivity contribution in [2.45, 2.75) is 13.8 Å². The van der Waals surface area contributed by atoms with Crippen molar-refractivity contribution in [1.29, 1.82) is 0 Å². The lowest BCUT2D eigenvalue weighted by molar-refractivity contribution is 0.101. The SMILES string of the molecule is C=CCN(CC)c1ccc(C(C)=O)cn1. The first-order valence-electron chi connectivity index (χ1n) is 5.01. The molecule has 0 saturated heterocycles. The van der Waals surface area contributed by atoms with Gasteiger partial charge in [0.1, 0.15) is 5.82 Å². The van der Waals surface area contributed by atoms with Gasteiger partial charge in [-0.3, -0.25) is 4.79 Å². The molecule has 0 bridgehead atoms. The van der Waals surface area contributed by atoms with E-state index in [1.54, 1.807) is 12.3 Å². The molecule has 0 amide bonds. The smallest absolute Gasteiger partial charge is 0.161 e. The van der Waals surface area contributed by atoms with Gasteiger partial charge in [0.15, 0.2) is 5.78 Å². The van der Waals surface area contributed by atoms with E-state index in [4.69, 9.17) is 0 Å². The van der Waals surface area contributed by atoms with Crippen LogP contribution < -0.4 is 4.90 Å². The van der Waals surface area contributed by atoms with E-state index in [2.05, 4.69) is 23.4 Å². The molecule has 0 N–H and O–H groups in total. The second kappa shape index (κ2) is 5.29. The number of pyridine rings is 1. The molecule has 0 aromatic carbocycles. The van der Waals surface area contributed by atoms with Crippen LogP contribution in [0.5, 0.6) is 0 Å². The molecule has 0 atom stereocenters. The summed E-state index contributed by atoms with van der Waals surface area (Å²) in [5.41, 5.74) is 0.647. The van der Waals surface area contributed by atoms with Gasteiger partial charge in [0.25, 0.3) is 0 Å². The van der Waals surface area contributed by atoms with Crippen LogP contribution in [0.2, 0.25) is 0 Å². The third-order valence-corrected chi connectivity index (χ3v) is 2.21. The van der Waals surface area contributed by atoms with Gasteiger partial charge in [-0.15, -0.1) is 6.58 Å². The van der Waals surface area contributed by atoms with Crippen LogP contribution >= 0.6 is 0 Å². The summed E-state index contributed by atoms with van der Waals surface area (Å²) in [4.78, 5) is 17.4. The van der Waals surface area contributed by atoms with E-state index in [0.29, 0.717) is 5.56 Å². The Labute approximate surface area is 90.4 Å². The Hall–Kier alpha value is -1.64. The van der Waals surface area contributed by atoms with Gasteiger partial charge in [-0.1, -0.05) is 6.08 Å². The number of rotatable bonds is 5. The number of carbonyl (C=O) groups excluding carboxylic acids is 1. The standard InChI is InChI=1S/C12H16N2O/c1-4-8-14(5-2)12-7-6-11(9-13-12)10(3)15/h4,6-7,9H,1,5,8H2,2-3H3. The van der Waals surface area contributed by atoms with E-state index in [0.717, 1.165) is 18.9 Å². The molecule has 0 unspecified atom stereocenters. The van der Waals surface area contributed by atoms with Crippen LogP contribution in [0.3, 0.4) is 0 Å². The molecule has 80 valence electrons. The fourth-order valence-corrected chi connectivity index (χ4v) is 1.32. The highest BCUT2D eigenvalue weighted by molar-refractivity contribution is 5.93. The molecule has 3 nitrogen and oxygen atoms in total. The molecule has 0 aliphatic heterocycles. The molecule has 3 heteroatoms. The molecule has 0 aliphatic carbocycles. The maximum Gasteiger partial charge on any atom is 0.161 e. The lowest BCUT2D eigenvalue weighted by Crippen LogP contribution is -2.23. The molecule has 1 heterocycles. The monoisotopic (exact) mass is 204 g/mol. The Morgan fingerprint density at radius 3 is 2.73 bits per heavy atom. The number of Topliss-reactive ketones (excluding diaryl/α,β-unsaturated/α-hetero) is 1. The summed E-state index contributed by atoms with van der Waals surface area (Å²) in [6.45, 7) is 8.94. The highest BCUT2D eigenvalue weighted by Gasteiger charge is 2.04. The van der Waals surface area contributed by atoms with Crippen LogP contribution in [0.1, 0.15) is 24.2 Å². The molecule has 0 aliphatic rings. The van der Waals surface area contributed by atoms with Crippen molar-refractivity contribution in [3.05, 3.63) is 36.5 Å². The minimum atomic E-state index is 0.0424. The highest BCUT2D eigenvalue weighted by atomic mass is 16.1. The average Bonchev–Trinajstić information content (AvgIpc) is 2.26. The lowest BCUT2D eigenvalue weighted by atomic mass is 10.2. The quantitative estimate of drug-likeness (QED) is 0.545. The Bertz CT molecular complexity index is 343. The molecular weight excluding hydrogens is 188 g/mol. The normalized spacial score (nSPS) is 9.73. The van der Waals surface area contributed by atoms with Crippen molar-refractivity contribution in [2.75, 3.05) is 18.0 Å². The first-order valence-corrected chi connectivity index (χ1v) is 5.01. The van der Waals surface area contributed by atoms with Crippen molar-refractivity contribution in [1.82, 2.24) is 4.98 Å². The van der Waals surface area contributed by atoms with Crippen molar-refractivity contribution < 1.29 is 4.79 Å². The summed E-state index contributed by atoms with van der Waals surface area (Å²) >= 11 is 0. The van der Waals surface area contributed by atoms with E-state index >= 15 is 0 Å². The van der Waals surface area contributed by atoms with E-state index in [1.807, 2.05) is 12.1 Å². The predicted molar refractivity (Wildman–Crippen MR) is 62.3 cm³/mol. The number of ketones is 1. The van der Waals surface area contributed by atoms with Crippen LogP contribution in [-0.4, -0.2) is 23.9 Å². The molecule has 0 fully saturated rings. The largest absolute Gasteiger partial charge is 0.353 e. The van der Waals surface area contributed by atoms with Crippen molar-refractivity contribution in [3.8, 4) is 0 Å². The highest BCUT2D eigenvalue weighted by Crippen LogP contribution is 2.11. The number of likely N-dealkylation sites (N-methyl/N-ethyl adjacent to an activating group) is 1. The van der Waals surface area contributed by atoms with Gasteiger partial charge in [0.2, 0.25) is 0 Å². The van der Waals surface area contributed by atoms with Gasteiger partial charge in [-0.2, -0.15) is 0 Å². The maximum atomic E-state index is 11.1. The molecule has 1 aromatic heterocycles. The Morgan fingerprint density at radius 1 is 1.60 bits per heavy atom. The van der Waals surface area contributed by atoms with Gasteiger partial charge < -0.3 is 4.90 Å². The number of hydrogen-bond acceptors (Lipinski definition) is 3. The summed E-state index contributed by atoms with van der Waals surface area (Å²) in [6, 6.07) is 3.67. The zero-order chi connectivity index (χ0) is 11.3. The summed E-state index contributed by atoms with van der Waals surface area (Å²) in [5.74, 6) is 0.920. The fourth-order valence-electron chi connectivity index (χ4n) is 1.32. The molecular formula is C12H16N2O. The molecule has 1 aromatic rings. The number of nitrogens with zero attached hydrogens (tertiary/aromatic N) is 2. The number of aromatic nitrogens is 1. The Morgan fingerprint density at radius 2 is 2.33 bits per heavy atom. The maximum absolute atomic E-state index is 11.1. The first kappa shape index (κ1) is 11.4. The van der Waals surface area contributed by atoms with Crippen molar-refractivity contribution in [2.24, 2.45) is 0 Å². The predicted octanol–water partition coefficient (Wildman–Crippen LogP) is 2.30. The zero-order valence-electron chi connectivity index (χ0n) is 9.23. The second-order valence-corrected chi connectivity index (χ2v) is 3.29. The fraction of sp³-hybridized carbons (Fsp3) is 0.333. The molecule has 0 saturated carbocycles. The van der Waals surface area contributed by atoms with E-state index < -0.39 is 0 Å². The minimum Gasteiger partial charge on any atom is -0.353 e. The van der Waals surface area contributed by atoms with E-state index in [1.165, 1.54) is 6.92 Å². The molecule has 0 spiro atoms. The topological polar surface area (TPSA) is 33.2 Å². The van der Waals surface area contributed by atoms with E-state index in [-0.39, 0.29) is 5.78 Å². The zero-order valence-corrected chi connectivity index (χ0v) is 9.23. The van der Waals surface area contributed by atoms with E-state index in [9.17, 15) is 4.79 Å². The average molecular weight is 204 g/mol. The van der Waals surface area contributed by atoms with Gasteiger partial charge in [-0.05, 0) is 26.0 Å². The molecule has 15 heavy (non-hydrogen) atoms. The van der Waals surface area contributed by atoms with Crippen LogP contribution in [0.4, 0.5) is 5.82 Å². The summed E-state index contributed by atoms with van der Waals surface area (Å²) in [5, 5.41) is 0. The van der Waals surface area contributed by atoms with Crippen molar-refractivity contribution in [3.63, 3.8) is 0 Å².